The van der Waals surface area contributed by atoms with Crippen molar-refractivity contribution in [2.45, 2.75) is 6.54 Å². The van der Waals surface area contributed by atoms with Crippen LogP contribution in [0.1, 0.15) is 0 Å². The Balaban J connectivity index is 1.87. The average Bonchev–Trinajstić information content (AvgIpc) is 2.76. The van der Waals surface area contributed by atoms with Crippen LogP contribution < -0.4 is 5.32 Å². The van der Waals surface area contributed by atoms with Crippen LogP contribution in [0.2, 0.25) is 5.02 Å². The van der Waals surface area contributed by atoms with Gasteiger partial charge >= 0.3 is 0 Å². The molecule has 0 fully saturated rings. The number of aromatic nitrogens is 2. The molecule has 0 amide bonds. The van der Waals surface area contributed by atoms with E-state index in [0.29, 0.717) is 0 Å². The molecule has 0 radical (unpaired) electrons. The van der Waals surface area contributed by atoms with Crippen LogP contribution in [0, 0.1) is 0 Å². The molecule has 2 rings (SSSR count). The van der Waals surface area contributed by atoms with Gasteiger partial charge in [0.15, 0.2) is 0 Å². The SMILES string of the molecule is Clc1ccc(NCCn2cccn2)cc1Br. The highest BCUT2D eigenvalue weighted by molar-refractivity contribution is 9.10. The fraction of sp³-hybridized carbons (Fsp3) is 0.182. The standard InChI is InChI=1S/C11H11BrClN3/c12-10-8-9(2-3-11(10)13)14-5-7-16-6-1-4-15-16/h1-4,6,8,14H,5,7H2. The molecule has 16 heavy (non-hydrogen) atoms. The zero-order chi connectivity index (χ0) is 11.4. The van der Waals surface area contributed by atoms with Gasteiger partial charge < -0.3 is 5.32 Å². The number of halogens is 2. The van der Waals surface area contributed by atoms with Crippen molar-refractivity contribution in [3.8, 4) is 0 Å². The summed E-state index contributed by atoms with van der Waals surface area (Å²) in [5.74, 6) is 0. The van der Waals surface area contributed by atoms with Crippen LogP contribution in [0.25, 0.3) is 0 Å². The van der Waals surface area contributed by atoms with Crippen molar-refractivity contribution in [1.29, 1.82) is 0 Å². The molecule has 0 saturated heterocycles. The third-order valence-corrected chi connectivity index (χ3v) is 3.36. The second-order valence-electron chi connectivity index (χ2n) is 3.32. The van der Waals surface area contributed by atoms with Gasteiger partial charge in [-0.2, -0.15) is 5.10 Å². The van der Waals surface area contributed by atoms with Crippen molar-refractivity contribution in [3.05, 3.63) is 46.2 Å². The molecule has 0 saturated carbocycles. The van der Waals surface area contributed by atoms with Crippen molar-refractivity contribution in [1.82, 2.24) is 9.78 Å². The van der Waals surface area contributed by atoms with Crippen molar-refractivity contribution >= 4 is 33.2 Å². The Hall–Kier alpha value is -1.00. The molecule has 0 spiro atoms. The molecule has 1 aromatic heterocycles. The van der Waals surface area contributed by atoms with Crippen LogP contribution in [0.15, 0.2) is 41.1 Å². The summed E-state index contributed by atoms with van der Waals surface area (Å²) in [6.45, 7) is 1.67. The Labute approximate surface area is 108 Å². The lowest BCUT2D eigenvalue weighted by Crippen LogP contribution is -2.10. The lowest BCUT2D eigenvalue weighted by molar-refractivity contribution is 0.638. The number of hydrogen-bond acceptors (Lipinski definition) is 2. The molecule has 3 nitrogen and oxygen atoms in total. The summed E-state index contributed by atoms with van der Waals surface area (Å²) in [5, 5.41) is 8.15. The van der Waals surface area contributed by atoms with Gasteiger partial charge in [0, 0.05) is 29.1 Å². The van der Waals surface area contributed by atoms with E-state index in [2.05, 4.69) is 26.3 Å². The minimum Gasteiger partial charge on any atom is -0.383 e. The van der Waals surface area contributed by atoms with Gasteiger partial charge in [0.1, 0.15) is 0 Å². The maximum atomic E-state index is 5.91. The first kappa shape index (κ1) is 11.5. The quantitative estimate of drug-likeness (QED) is 0.938. The van der Waals surface area contributed by atoms with Gasteiger partial charge in [-0.05, 0) is 40.2 Å². The van der Waals surface area contributed by atoms with Crippen LogP contribution in [-0.4, -0.2) is 16.3 Å². The van der Waals surface area contributed by atoms with E-state index in [4.69, 9.17) is 11.6 Å². The Morgan fingerprint density at radius 1 is 1.44 bits per heavy atom. The predicted octanol–water partition coefficient (Wildman–Crippen LogP) is 3.41. The molecule has 1 heterocycles. The fourth-order valence-corrected chi connectivity index (χ4v) is 1.85. The minimum absolute atomic E-state index is 0.720. The van der Waals surface area contributed by atoms with Crippen LogP contribution in [0.4, 0.5) is 5.69 Å². The Morgan fingerprint density at radius 3 is 3.00 bits per heavy atom. The van der Waals surface area contributed by atoms with Crippen molar-refractivity contribution in [2.75, 3.05) is 11.9 Å². The minimum atomic E-state index is 0.720. The van der Waals surface area contributed by atoms with Gasteiger partial charge in [-0.25, -0.2) is 0 Å². The molecule has 84 valence electrons. The Bertz CT molecular complexity index is 456. The molecule has 0 unspecified atom stereocenters. The van der Waals surface area contributed by atoms with E-state index in [9.17, 15) is 0 Å². The summed E-state index contributed by atoms with van der Waals surface area (Å²) in [5.41, 5.74) is 1.04. The van der Waals surface area contributed by atoms with Crippen molar-refractivity contribution < 1.29 is 0 Å². The molecule has 1 N–H and O–H groups in total. The summed E-state index contributed by atoms with van der Waals surface area (Å²) in [4.78, 5) is 0. The molecule has 5 heteroatoms. The average molecular weight is 301 g/mol. The molecular formula is C11H11BrClN3. The topological polar surface area (TPSA) is 29.9 Å². The van der Waals surface area contributed by atoms with E-state index in [1.165, 1.54) is 0 Å². The zero-order valence-electron chi connectivity index (χ0n) is 8.53. The molecule has 0 atom stereocenters. The summed E-state index contributed by atoms with van der Waals surface area (Å²) < 4.78 is 2.79. The van der Waals surface area contributed by atoms with Gasteiger partial charge in [-0.1, -0.05) is 11.6 Å². The van der Waals surface area contributed by atoms with Crippen molar-refractivity contribution in [3.63, 3.8) is 0 Å². The lowest BCUT2D eigenvalue weighted by atomic mass is 10.3. The summed E-state index contributed by atoms with van der Waals surface area (Å²) in [6, 6.07) is 7.70. The molecule has 0 aliphatic heterocycles. The molecule has 0 bridgehead atoms. The smallest absolute Gasteiger partial charge is 0.0582 e. The highest BCUT2D eigenvalue weighted by atomic mass is 79.9. The molecule has 0 aliphatic rings. The molecule has 2 aromatic rings. The first-order chi connectivity index (χ1) is 7.75. The maximum Gasteiger partial charge on any atom is 0.0582 e. The number of benzene rings is 1. The van der Waals surface area contributed by atoms with Crippen LogP contribution in [0.3, 0.4) is 0 Å². The summed E-state index contributed by atoms with van der Waals surface area (Å²) in [6.07, 6.45) is 3.72. The van der Waals surface area contributed by atoms with E-state index in [1.54, 1.807) is 6.20 Å². The summed E-state index contributed by atoms with van der Waals surface area (Å²) >= 11 is 9.29. The predicted molar refractivity (Wildman–Crippen MR) is 69.9 cm³/mol. The third kappa shape index (κ3) is 3.00. The number of rotatable bonds is 4. The molecule has 0 aliphatic carbocycles. The normalized spacial score (nSPS) is 10.4. The monoisotopic (exact) mass is 299 g/mol. The Kier molecular flexibility index (Phi) is 3.85. The van der Waals surface area contributed by atoms with Gasteiger partial charge in [0.05, 0.1) is 11.6 Å². The maximum absolute atomic E-state index is 5.91. The summed E-state index contributed by atoms with van der Waals surface area (Å²) in [7, 11) is 0. The number of anilines is 1. The number of nitrogens with zero attached hydrogens (tertiary/aromatic N) is 2. The second kappa shape index (κ2) is 5.37. The van der Waals surface area contributed by atoms with Gasteiger partial charge in [0.25, 0.3) is 0 Å². The van der Waals surface area contributed by atoms with Crippen LogP contribution in [0.5, 0.6) is 0 Å². The number of nitrogens with one attached hydrogen (secondary N) is 1. The lowest BCUT2D eigenvalue weighted by Gasteiger charge is -2.07. The molecular weight excluding hydrogens is 289 g/mol. The van der Waals surface area contributed by atoms with Gasteiger partial charge in [-0.15, -0.1) is 0 Å². The fourth-order valence-electron chi connectivity index (χ4n) is 1.35. The highest BCUT2D eigenvalue weighted by Crippen LogP contribution is 2.25. The van der Waals surface area contributed by atoms with E-state index in [-0.39, 0.29) is 0 Å². The highest BCUT2D eigenvalue weighted by Gasteiger charge is 1.98. The number of hydrogen-bond donors (Lipinski definition) is 1. The third-order valence-electron chi connectivity index (χ3n) is 2.15. The van der Waals surface area contributed by atoms with Gasteiger partial charge in [-0.3, -0.25) is 4.68 Å². The van der Waals surface area contributed by atoms with Crippen LogP contribution >= 0.6 is 27.5 Å². The van der Waals surface area contributed by atoms with E-state index in [1.807, 2.05) is 35.1 Å². The van der Waals surface area contributed by atoms with Gasteiger partial charge in [0.2, 0.25) is 0 Å². The van der Waals surface area contributed by atoms with Crippen LogP contribution in [-0.2, 0) is 6.54 Å². The first-order valence-corrected chi connectivity index (χ1v) is 6.09. The van der Waals surface area contributed by atoms with E-state index in [0.717, 1.165) is 28.3 Å². The first-order valence-electron chi connectivity index (χ1n) is 4.92. The second-order valence-corrected chi connectivity index (χ2v) is 4.59. The molecule has 1 aromatic carbocycles. The Morgan fingerprint density at radius 2 is 2.31 bits per heavy atom. The van der Waals surface area contributed by atoms with E-state index >= 15 is 0 Å². The zero-order valence-corrected chi connectivity index (χ0v) is 10.9. The largest absolute Gasteiger partial charge is 0.383 e. The van der Waals surface area contributed by atoms with E-state index < -0.39 is 0 Å². The van der Waals surface area contributed by atoms with Crippen molar-refractivity contribution in [2.24, 2.45) is 0 Å².